The number of carbonyl (C=O) groups excluding carboxylic acids is 1. The van der Waals surface area contributed by atoms with Crippen molar-refractivity contribution in [3.8, 4) is 0 Å². The van der Waals surface area contributed by atoms with Crippen LogP contribution in [-0.2, 0) is 4.79 Å². The Labute approximate surface area is 96.0 Å². The zero-order chi connectivity index (χ0) is 10.7. The normalized spacial score (nSPS) is 32.7. The number of hydrogen-bond acceptors (Lipinski definition) is 3. The van der Waals surface area contributed by atoms with E-state index in [1.54, 1.807) is 0 Å². The van der Waals surface area contributed by atoms with Crippen molar-refractivity contribution in [2.24, 2.45) is 5.92 Å². The Balaban J connectivity index is 1.88. The molecule has 0 bridgehead atoms. The van der Waals surface area contributed by atoms with Crippen LogP contribution in [0.1, 0.15) is 19.8 Å². The number of piperidine rings is 1. The van der Waals surface area contributed by atoms with Crippen LogP contribution >= 0.6 is 11.8 Å². The predicted molar refractivity (Wildman–Crippen MR) is 64.1 cm³/mol. The highest BCUT2D eigenvalue weighted by atomic mass is 32.2. The Morgan fingerprint density at radius 2 is 2.13 bits per heavy atom. The molecule has 3 nitrogen and oxygen atoms in total. The van der Waals surface area contributed by atoms with Gasteiger partial charge in [-0.1, -0.05) is 6.92 Å². The van der Waals surface area contributed by atoms with Gasteiger partial charge in [-0.15, -0.1) is 0 Å². The molecule has 0 aromatic heterocycles. The first-order chi connectivity index (χ1) is 7.27. The molecule has 86 valence electrons. The van der Waals surface area contributed by atoms with Crippen molar-refractivity contribution in [3.63, 3.8) is 0 Å². The lowest BCUT2D eigenvalue weighted by molar-refractivity contribution is -0.134. The molecule has 2 unspecified atom stereocenters. The summed E-state index contributed by atoms with van der Waals surface area (Å²) < 4.78 is 0. The molecule has 0 aromatic carbocycles. The Kier molecular flexibility index (Phi) is 3.92. The molecule has 0 spiro atoms. The fraction of sp³-hybridized carbons (Fsp3) is 0.909. The fourth-order valence-corrected chi connectivity index (χ4v) is 3.20. The Bertz CT molecular complexity index is 229. The van der Waals surface area contributed by atoms with Crippen LogP contribution in [0, 0.1) is 5.92 Å². The molecule has 2 heterocycles. The fourth-order valence-electron chi connectivity index (χ4n) is 2.30. The summed E-state index contributed by atoms with van der Waals surface area (Å²) in [7, 11) is 0. The van der Waals surface area contributed by atoms with E-state index in [1.807, 2.05) is 16.7 Å². The van der Waals surface area contributed by atoms with Gasteiger partial charge in [0.2, 0.25) is 5.91 Å². The van der Waals surface area contributed by atoms with Crippen LogP contribution in [0.5, 0.6) is 0 Å². The number of amides is 1. The molecular formula is C11H20N2OS. The van der Waals surface area contributed by atoms with Crippen LogP contribution in [0.3, 0.4) is 0 Å². The maximum atomic E-state index is 12.2. The molecule has 2 fully saturated rings. The minimum atomic E-state index is 0.0943. The molecule has 1 N–H and O–H groups in total. The summed E-state index contributed by atoms with van der Waals surface area (Å²) >= 11 is 1.95. The third kappa shape index (κ3) is 2.88. The number of nitrogens with zero attached hydrogens (tertiary/aromatic N) is 1. The first-order valence-electron chi connectivity index (χ1n) is 5.87. The summed E-state index contributed by atoms with van der Waals surface area (Å²) in [6.45, 7) is 5.12. The van der Waals surface area contributed by atoms with Gasteiger partial charge in [-0.3, -0.25) is 4.79 Å². The van der Waals surface area contributed by atoms with Crippen LogP contribution in [0.15, 0.2) is 0 Å². The number of thioether (sulfide) groups is 1. The summed E-state index contributed by atoms with van der Waals surface area (Å²) in [6, 6.07) is 0.0943. The van der Waals surface area contributed by atoms with E-state index in [1.165, 1.54) is 6.42 Å². The van der Waals surface area contributed by atoms with E-state index in [2.05, 4.69) is 12.2 Å². The molecule has 2 aliphatic heterocycles. The van der Waals surface area contributed by atoms with Gasteiger partial charge in [-0.05, 0) is 25.3 Å². The number of hydrogen-bond donors (Lipinski definition) is 1. The molecule has 2 saturated heterocycles. The molecule has 2 aliphatic rings. The zero-order valence-electron chi connectivity index (χ0n) is 9.37. The van der Waals surface area contributed by atoms with Gasteiger partial charge in [0.1, 0.15) is 0 Å². The molecule has 1 amide bonds. The highest BCUT2D eigenvalue weighted by molar-refractivity contribution is 7.99. The molecule has 0 radical (unpaired) electrons. The first kappa shape index (κ1) is 11.3. The second-order valence-electron chi connectivity index (χ2n) is 4.57. The van der Waals surface area contributed by atoms with Crippen LogP contribution in [0.4, 0.5) is 0 Å². The molecule has 0 saturated carbocycles. The van der Waals surface area contributed by atoms with Gasteiger partial charge in [-0.25, -0.2) is 0 Å². The summed E-state index contributed by atoms with van der Waals surface area (Å²) in [5, 5.41) is 3.35. The quantitative estimate of drug-likeness (QED) is 0.725. The number of rotatable bonds is 1. The van der Waals surface area contributed by atoms with E-state index in [-0.39, 0.29) is 6.04 Å². The van der Waals surface area contributed by atoms with E-state index in [0.29, 0.717) is 11.8 Å². The van der Waals surface area contributed by atoms with Crippen molar-refractivity contribution in [1.29, 1.82) is 0 Å². The average Bonchev–Trinajstić information content (AvgIpc) is 2.29. The highest BCUT2D eigenvalue weighted by Crippen LogP contribution is 2.18. The van der Waals surface area contributed by atoms with E-state index in [0.717, 1.165) is 37.6 Å². The van der Waals surface area contributed by atoms with E-state index < -0.39 is 0 Å². The molecule has 15 heavy (non-hydrogen) atoms. The maximum absolute atomic E-state index is 12.2. The summed E-state index contributed by atoms with van der Waals surface area (Å²) in [4.78, 5) is 14.2. The molecule has 0 aromatic rings. The van der Waals surface area contributed by atoms with Gasteiger partial charge in [0.05, 0.1) is 6.04 Å². The monoisotopic (exact) mass is 228 g/mol. The first-order valence-corrected chi connectivity index (χ1v) is 7.03. The summed E-state index contributed by atoms with van der Waals surface area (Å²) in [5.74, 6) is 3.24. The standard InChI is InChI=1S/C11H20N2OS/c1-9-2-3-12-10(8-9)11(14)13-4-6-15-7-5-13/h9-10,12H,2-8H2,1H3. The summed E-state index contributed by atoms with van der Waals surface area (Å²) in [5.41, 5.74) is 0. The smallest absolute Gasteiger partial charge is 0.239 e. The van der Waals surface area contributed by atoms with Gasteiger partial charge in [-0.2, -0.15) is 11.8 Å². The lowest BCUT2D eigenvalue weighted by Gasteiger charge is -2.34. The average molecular weight is 228 g/mol. The third-order valence-corrected chi connectivity index (χ3v) is 4.23. The van der Waals surface area contributed by atoms with Crippen molar-refractivity contribution in [2.75, 3.05) is 31.1 Å². The molecule has 4 heteroatoms. The SMILES string of the molecule is CC1CCNC(C(=O)N2CCSCC2)C1. The number of carbonyl (C=O) groups is 1. The minimum Gasteiger partial charge on any atom is -0.340 e. The van der Waals surface area contributed by atoms with Crippen LogP contribution in [-0.4, -0.2) is 48.0 Å². The Morgan fingerprint density at radius 3 is 2.80 bits per heavy atom. The highest BCUT2D eigenvalue weighted by Gasteiger charge is 2.28. The predicted octanol–water partition coefficient (Wildman–Crippen LogP) is 0.950. The largest absolute Gasteiger partial charge is 0.340 e. The second-order valence-corrected chi connectivity index (χ2v) is 5.80. The van der Waals surface area contributed by atoms with Gasteiger partial charge < -0.3 is 10.2 Å². The van der Waals surface area contributed by atoms with Gasteiger partial charge in [0, 0.05) is 24.6 Å². The van der Waals surface area contributed by atoms with Crippen molar-refractivity contribution >= 4 is 17.7 Å². The van der Waals surface area contributed by atoms with Gasteiger partial charge in [0.15, 0.2) is 0 Å². The molecular weight excluding hydrogens is 208 g/mol. The van der Waals surface area contributed by atoms with Crippen LogP contribution in [0.2, 0.25) is 0 Å². The van der Waals surface area contributed by atoms with Crippen LogP contribution in [0.25, 0.3) is 0 Å². The second kappa shape index (κ2) is 5.21. The zero-order valence-corrected chi connectivity index (χ0v) is 10.2. The van der Waals surface area contributed by atoms with E-state index in [9.17, 15) is 4.79 Å². The number of nitrogens with one attached hydrogen (secondary N) is 1. The van der Waals surface area contributed by atoms with Crippen molar-refractivity contribution < 1.29 is 4.79 Å². The topological polar surface area (TPSA) is 32.3 Å². The molecule has 0 aliphatic carbocycles. The molecule has 2 atom stereocenters. The molecule has 2 rings (SSSR count). The van der Waals surface area contributed by atoms with E-state index in [4.69, 9.17) is 0 Å². The lowest BCUT2D eigenvalue weighted by atomic mass is 9.93. The Morgan fingerprint density at radius 1 is 1.40 bits per heavy atom. The van der Waals surface area contributed by atoms with Crippen molar-refractivity contribution in [2.45, 2.75) is 25.8 Å². The van der Waals surface area contributed by atoms with E-state index >= 15 is 0 Å². The minimum absolute atomic E-state index is 0.0943. The Hall–Kier alpha value is -0.220. The van der Waals surface area contributed by atoms with Gasteiger partial charge in [0.25, 0.3) is 0 Å². The van der Waals surface area contributed by atoms with Gasteiger partial charge >= 0.3 is 0 Å². The lowest BCUT2D eigenvalue weighted by Crippen LogP contribution is -2.51. The maximum Gasteiger partial charge on any atom is 0.239 e. The van der Waals surface area contributed by atoms with Crippen LogP contribution < -0.4 is 5.32 Å². The summed E-state index contributed by atoms with van der Waals surface area (Å²) in [6.07, 6.45) is 2.22. The van der Waals surface area contributed by atoms with Crippen molar-refractivity contribution in [3.05, 3.63) is 0 Å². The third-order valence-electron chi connectivity index (χ3n) is 3.29. The van der Waals surface area contributed by atoms with Crippen molar-refractivity contribution in [1.82, 2.24) is 10.2 Å².